The lowest BCUT2D eigenvalue weighted by Gasteiger charge is -2.23. The zero-order valence-electron chi connectivity index (χ0n) is 14.9. The molecule has 134 valence electrons. The van der Waals surface area contributed by atoms with Gasteiger partial charge in [0.2, 0.25) is 5.91 Å². The van der Waals surface area contributed by atoms with Crippen LogP contribution in [0, 0.1) is 0 Å². The highest BCUT2D eigenvalue weighted by molar-refractivity contribution is 5.86. The first-order valence-corrected chi connectivity index (χ1v) is 8.12. The third-order valence-corrected chi connectivity index (χ3v) is 3.11. The van der Waals surface area contributed by atoms with Crippen LogP contribution >= 0.6 is 0 Å². The summed E-state index contributed by atoms with van der Waals surface area (Å²) in [7, 11) is 1.62. The second-order valence-corrected chi connectivity index (χ2v) is 6.53. The molecule has 0 aromatic heterocycles. The molecule has 1 aromatic rings. The fraction of sp³-hybridized carbons (Fsp3) is 0.556. The van der Waals surface area contributed by atoms with Gasteiger partial charge in [0.25, 0.3) is 0 Å². The smallest absolute Gasteiger partial charge is 0.408 e. The molecule has 1 unspecified atom stereocenters. The van der Waals surface area contributed by atoms with Gasteiger partial charge in [-0.2, -0.15) is 0 Å². The molecule has 6 heteroatoms. The van der Waals surface area contributed by atoms with Crippen LogP contribution < -0.4 is 10.6 Å². The van der Waals surface area contributed by atoms with E-state index in [0.717, 1.165) is 5.56 Å². The number of hydrogen-bond donors (Lipinski definition) is 2. The molecule has 0 aliphatic heterocycles. The molecule has 6 nitrogen and oxygen atoms in total. The number of methoxy groups -OCH3 is 1. The van der Waals surface area contributed by atoms with Crippen molar-refractivity contribution in [3.8, 4) is 0 Å². The lowest BCUT2D eigenvalue weighted by molar-refractivity contribution is -0.123. The van der Waals surface area contributed by atoms with Crippen LogP contribution in [-0.2, 0) is 20.7 Å². The monoisotopic (exact) mass is 336 g/mol. The van der Waals surface area contributed by atoms with Crippen molar-refractivity contribution >= 4 is 12.0 Å². The summed E-state index contributed by atoms with van der Waals surface area (Å²) in [5.74, 6) is -0.235. The number of carbonyl (C=O) groups is 2. The summed E-state index contributed by atoms with van der Waals surface area (Å²) < 4.78 is 10.2. The normalized spacial score (nSPS) is 12.3. The van der Waals surface area contributed by atoms with E-state index in [1.807, 2.05) is 30.3 Å². The van der Waals surface area contributed by atoms with E-state index in [1.165, 1.54) is 0 Å². The van der Waals surface area contributed by atoms with Crippen LogP contribution in [0.15, 0.2) is 30.3 Å². The maximum Gasteiger partial charge on any atom is 0.408 e. The first-order valence-electron chi connectivity index (χ1n) is 8.12. The number of amides is 2. The molecule has 0 aliphatic carbocycles. The predicted molar refractivity (Wildman–Crippen MR) is 92.8 cm³/mol. The SMILES string of the molecule is COCCCNC(=O)C(Cc1ccccc1)NC(=O)OC(C)(C)C. The molecule has 0 spiro atoms. The van der Waals surface area contributed by atoms with Crippen LogP contribution in [-0.4, -0.2) is 43.9 Å². The molecule has 0 heterocycles. The second kappa shape index (κ2) is 9.93. The largest absolute Gasteiger partial charge is 0.444 e. The molecule has 0 saturated carbocycles. The van der Waals surface area contributed by atoms with Crippen molar-refractivity contribution in [1.82, 2.24) is 10.6 Å². The topological polar surface area (TPSA) is 76.7 Å². The Morgan fingerprint density at radius 1 is 1.17 bits per heavy atom. The van der Waals surface area contributed by atoms with Crippen LogP contribution in [0.5, 0.6) is 0 Å². The van der Waals surface area contributed by atoms with Crippen molar-refractivity contribution in [1.29, 1.82) is 0 Å². The maximum absolute atomic E-state index is 12.4. The molecule has 24 heavy (non-hydrogen) atoms. The van der Waals surface area contributed by atoms with Crippen LogP contribution in [0.2, 0.25) is 0 Å². The highest BCUT2D eigenvalue weighted by Gasteiger charge is 2.24. The Morgan fingerprint density at radius 3 is 2.42 bits per heavy atom. The van der Waals surface area contributed by atoms with E-state index in [1.54, 1.807) is 27.9 Å². The highest BCUT2D eigenvalue weighted by atomic mass is 16.6. The Bertz CT molecular complexity index is 512. The van der Waals surface area contributed by atoms with Crippen molar-refractivity contribution in [2.75, 3.05) is 20.3 Å². The van der Waals surface area contributed by atoms with Gasteiger partial charge in [-0.15, -0.1) is 0 Å². The van der Waals surface area contributed by atoms with Crippen molar-refractivity contribution in [2.24, 2.45) is 0 Å². The summed E-state index contributed by atoms with van der Waals surface area (Å²) in [5, 5.41) is 5.48. The molecule has 2 N–H and O–H groups in total. The highest BCUT2D eigenvalue weighted by Crippen LogP contribution is 2.08. The minimum atomic E-state index is -0.690. The standard InChI is InChI=1S/C18H28N2O4/c1-18(2,3)24-17(22)20-15(13-14-9-6-5-7-10-14)16(21)19-11-8-12-23-4/h5-7,9-10,15H,8,11-13H2,1-4H3,(H,19,21)(H,20,22). The van der Waals surface area contributed by atoms with Crippen LogP contribution in [0.25, 0.3) is 0 Å². The van der Waals surface area contributed by atoms with E-state index in [9.17, 15) is 9.59 Å². The molecule has 1 rings (SSSR count). The molecular weight excluding hydrogens is 308 g/mol. The van der Waals surface area contributed by atoms with E-state index in [2.05, 4.69) is 10.6 Å². The molecule has 0 bridgehead atoms. The van der Waals surface area contributed by atoms with E-state index < -0.39 is 17.7 Å². The summed E-state index contributed by atoms with van der Waals surface area (Å²) in [6.07, 6.45) is 0.513. The number of hydrogen-bond acceptors (Lipinski definition) is 4. The fourth-order valence-electron chi connectivity index (χ4n) is 2.06. The van der Waals surface area contributed by atoms with Gasteiger partial charge in [0.15, 0.2) is 0 Å². The number of ether oxygens (including phenoxy) is 2. The molecule has 0 aliphatic rings. The summed E-state index contributed by atoms with van der Waals surface area (Å²) in [5.41, 5.74) is 0.349. The Morgan fingerprint density at radius 2 is 1.83 bits per heavy atom. The third-order valence-electron chi connectivity index (χ3n) is 3.11. The number of alkyl carbamates (subject to hydrolysis) is 1. The van der Waals surface area contributed by atoms with Gasteiger partial charge in [0.05, 0.1) is 0 Å². The molecule has 0 saturated heterocycles. The first-order chi connectivity index (χ1) is 11.3. The van der Waals surface area contributed by atoms with E-state index >= 15 is 0 Å². The van der Waals surface area contributed by atoms with Crippen molar-refractivity contribution in [3.63, 3.8) is 0 Å². The Balaban J connectivity index is 2.67. The molecule has 1 aromatic carbocycles. The average molecular weight is 336 g/mol. The summed E-state index contributed by atoms with van der Waals surface area (Å²) in [4.78, 5) is 24.4. The van der Waals surface area contributed by atoms with E-state index in [4.69, 9.17) is 9.47 Å². The summed E-state index contributed by atoms with van der Waals surface area (Å²) >= 11 is 0. The minimum Gasteiger partial charge on any atom is -0.444 e. The van der Waals surface area contributed by atoms with Gasteiger partial charge in [0, 0.05) is 26.7 Å². The number of carbonyl (C=O) groups excluding carboxylic acids is 2. The van der Waals surface area contributed by atoms with Gasteiger partial charge in [0.1, 0.15) is 11.6 Å². The number of nitrogens with one attached hydrogen (secondary N) is 2. The minimum absolute atomic E-state index is 0.235. The zero-order valence-corrected chi connectivity index (χ0v) is 14.9. The van der Waals surface area contributed by atoms with Crippen molar-refractivity contribution in [2.45, 2.75) is 45.3 Å². The third kappa shape index (κ3) is 8.53. The van der Waals surface area contributed by atoms with Crippen LogP contribution in [0.1, 0.15) is 32.8 Å². The molecule has 1 atom stereocenters. The lowest BCUT2D eigenvalue weighted by Crippen LogP contribution is -2.49. The fourth-order valence-corrected chi connectivity index (χ4v) is 2.06. The summed E-state index contributed by atoms with van der Waals surface area (Å²) in [6, 6.07) is 8.85. The molecule has 2 amide bonds. The average Bonchev–Trinajstić information content (AvgIpc) is 2.50. The van der Waals surface area contributed by atoms with Crippen LogP contribution in [0.3, 0.4) is 0 Å². The van der Waals surface area contributed by atoms with Crippen molar-refractivity contribution < 1.29 is 19.1 Å². The number of rotatable bonds is 8. The van der Waals surface area contributed by atoms with Crippen molar-refractivity contribution in [3.05, 3.63) is 35.9 Å². The zero-order chi connectivity index (χ0) is 18.0. The molecule has 0 radical (unpaired) electrons. The Hall–Kier alpha value is -2.08. The number of benzene rings is 1. The predicted octanol–water partition coefficient (Wildman–Crippen LogP) is 2.28. The van der Waals surface area contributed by atoms with E-state index in [0.29, 0.717) is 26.0 Å². The van der Waals surface area contributed by atoms with Gasteiger partial charge >= 0.3 is 6.09 Å². The molecule has 0 fully saturated rings. The Labute approximate surface area is 143 Å². The first kappa shape index (κ1) is 20.0. The molecular formula is C18H28N2O4. The van der Waals surface area contributed by atoms with Gasteiger partial charge in [-0.3, -0.25) is 4.79 Å². The maximum atomic E-state index is 12.4. The van der Waals surface area contributed by atoms with Gasteiger partial charge in [-0.1, -0.05) is 30.3 Å². The van der Waals surface area contributed by atoms with Gasteiger partial charge < -0.3 is 20.1 Å². The van der Waals surface area contributed by atoms with Gasteiger partial charge in [-0.25, -0.2) is 4.79 Å². The van der Waals surface area contributed by atoms with Crippen LogP contribution in [0.4, 0.5) is 4.79 Å². The quantitative estimate of drug-likeness (QED) is 0.714. The lowest BCUT2D eigenvalue weighted by atomic mass is 10.1. The Kier molecular flexibility index (Phi) is 8.26. The van der Waals surface area contributed by atoms with Gasteiger partial charge in [-0.05, 0) is 32.8 Å². The second-order valence-electron chi connectivity index (χ2n) is 6.53. The summed E-state index contributed by atoms with van der Waals surface area (Å²) in [6.45, 7) is 6.41. The van der Waals surface area contributed by atoms with E-state index in [-0.39, 0.29) is 5.91 Å².